The van der Waals surface area contributed by atoms with Gasteiger partial charge in [0.15, 0.2) is 0 Å². The number of rotatable bonds is 7. The molecule has 13 unspecified atom stereocenters. The van der Waals surface area contributed by atoms with Crippen LogP contribution >= 0.6 is 0 Å². The summed E-state index contributed by atoms with van der Waals surface area (Å²) in [6.45, 7) is 6.80. The number of hydrogen-bond donors (Lipinski definition) is 7. The van der Waals surface area contributed by atoms with Gasteiger partial charge in [-0.1, -0.05) is 117 Å². The number of allylic oxidation sites excluding steroid dienone is 5. The fourth-order valence-electron chi connectivity index (χ4n) is 19.1. The molecule has 4 aromatic rings. The van der Waals surface area contributed by atoms with Crippen molar-refractivity contribution in [2.24, 2.45) is 58.2 Å². The lowest BCUT2D eigenvalue weighted by Crippen LogP contribution is -2.52. The van der Waals surface area contributed by atoms with Crippen LogP contribution in [0.4, 0.5) is 0 Å². The van der Waals surface area contributed by atoms with Gasteiger partial charge in [0.1, 0.15) is 17.3 Å². The van der Waals surface area contributed by atoms with Crippen molar-refractivity contribution in [2.45, 2.75) is 166 Å². The van der Waals surface area contributed by atoms with Crippen LogP contribution in [0.3, 0.4) is 0 Å². The Hall–Kier alpha value is -6.10. The molecule has 87 heavy (non-hydrogen) atoms. The Kier molecular flexibility index (Phi) is 15.9. The van der Waals surface area contributed by atoms with E-state index in [4.69, 9.17) is 9.47 Å². The quantitative estimate of drug-likeness (QED) is 0.0697. The van der Waals surface area contributed by atoms with Gasteiger partial charge in [-0.2, -0.15) is 0 Å². The monoisotopic (exact) mass is 1170 g/mol. The van der Waals surface area contributed by atoms with Crippen molar-refractivity contribution in [1.29, 1.82) is 0 Å². The lowest BCUT2D eigenvalue weighted by molar-refractivity contribution is -0.135. The molecule has 7 N–H and O–H groups in total. The number of β-amino-alcohol motifs (C(OH)–C–C–N with tert-alkyl or cyclic N) is 1. The van der Waals surface area contributed by atoms with Crippen molar-refractivity contribution in [3.8, 4) is 28.7 Å². The van der Waals surface area contributed by atoms with E-state index < -0.39 is 16.6 Å². The minimum atomic E-state index is -1.09. The van der Waals surface area contributed by atoms with Gasteiger partial charge in [0, 0.05) is 48.5 Å². The molecule has 12 aliphatic rings. The Labute approximate surface area is 515 Å². The van der Waals surface area contributed by atoms with Crippen LogP contribution in [0.25, 0.3) is 16.7 Å². The average molecular weight is 1170 g/mol. The van der Waals surface area contributed by atoms with E-state index in [0.717, 1.165) is 155 Å². The zero-order valence-electron chi connectivity index (χ0n) is 51.4. The molecule has 13 atom stereocenters. The van der Waals surface area contributed by atoms with Gasteiger partial charge in [-0.3, -0.25) is 0 Å². The van der Waals surface area contributed by atoms with Gasteiger partial charge in [0.05, 0.1) is 28.4 Å². The molecule has 1 spiro atoms. The van der Waals surface area contributed by atoms with Crippen molar-refractivity contribution >= 4 is 17.5 Å². The first kappa shape index (κ1) is 58.6. The molecule has 3 saturated carbocycles. The fourth-order valence-corrected chi connectivity index (χ4v) is 19.1. The minimum absolute atomic E-state index is 0.0105. The smallest absolute Gasteiger partial charge is 0.340 e. The molecule has 6 aliphatic carbocycles. The summed E-state index contributed by atoms with van der Waals surface area (Å²) >= 11 is 0. The molecule has 6 heterocycles. The van der Waals surface area contributed by atoms with Crippen LogP contribution in [0, 0.1) is 70.0 Å². The molecule has 16 rings (SSSR count). The standard InChI is InChI=1S/C76H90N4O7/c1-4-47(36-48-14-7-5-8-15-48)39-64-76-33-25-58-59-23-24-60-63(86-71(82)67(60)68(59)76)26-32-74(54-28-35-79-65(41-54)77-3)43-53-40-55(75(85)30-9-6-10-31-75)20-13-29-73(2,84)46-80-70(62(53)44-74)52-19-11-16-49(37-52)27-34-78-45-50-17-12-18-51(38-50)57-22-21-56(81)42-61(57)66(58)69(76)72(83)87-64/h5,7-8,11-12,14-19,21-22,26,37-39,42,47,53-55,58-59,62,65,68,70,77-81,84-85H,4,6,9-10,23-25,27-36,40-41,43-46H2,1-3H3. The van der Waals surface area contributed by atoms with E-state index in [0.29, 0.717) is 55.4 Å². The maximum atomic E-state index is 15.5. The van der Waals surface area contributed by atoms with E-state index in [-0.39, 0.29) is 76.7 Å². The van der Waals surface area contributed by atoms with E-state index in [1.807, 2.05) is 25.1 Å². The Morgan fingerprint density at radius 1 is 0.805 bits per heavy atom. The van der Waals surface area contributed by atoms with Crippen molar-refractivity contribution in [1.82, 2.24) is 21.3 Å². The lowest BCUT2D eigenvalue weighted by atomic mass is 9.44. The topological polar surface area (TPSA) is 161 Å². The number of piperidine rings is 1. The second-order valence-electron chi connectivity index (χ2n) is 28.5. The number of carbonyl (C=O) groups is 2. The second kappa shape index (κ2) is 23.7. The van der Waals surface area contributed by atoms with Crippen LogP contribution in [-0.4, -0.2) is 71.3 Å². The summed E-state index contributed by atoms with van der Waals surface area (Å²) in [5.74, 6) is 8.13. The van der Waals surface area contributed by atoms with Gasteiger partial charge in [-0.05, 0) is 239 Å². The van der Waals surface area contributed by atoms with Crippen LogP contribution in [0.5, 0.6) is 5.75 Å². The molecule has 0 amide bonds. The molecule has 11 heteroatoms. The van der Waals surface area contributed by atoms with Gasteiger partial charge in [-0.25, -0.2) is 9.59 Å². The number of aliphatic hydroxyl groups is 2. The number of hydrogen-bond acceptors (Lipinski definition) is 11. The lowest BCUT2D eigenvalue weighted by Gasteiger charge is -2.56. The summed E-state index contributed by atoms with van der Waals surface area (Å²) in [7, 11) is 2.06. The number of cyclic esters (lactones) is 1. The largest absolute Gasteiger partial charge is 0.508 e. The highest BCUT2D eigenvalue weighted by atomic mass is 16.6. The number of phenols is 1. The van der Waals surface area contributed by atoms with Gasteiger partial charge in [0.25, 0.3) is 0 Å². The van der Waals surface area contributed by atoms with Crippen LogP contribution in [-0.2, 0) is 38.4 Å². The van der Waals surface area contributed by atoms with Crippen molar-refractivity contribution in [2.75, 3.05) is 26.7 Å². The van der Waals surface area contributed by atoms with Gasteiger partial charge >= 0.3 is 11.9 Å². The molecule has 5 fully saturated rings. The number of ether oxygens (including phenoxy) is 2. The molecular formula is C76H90N4O7. The zero-order valence-corrected chi connectivity index (χ0v) is 51.4. The Balaban J connectivity index is 0.949. The maximum Gasteiger partial charge on any atom is 0.340 e. The molecule has 4 aromatic carbocycles. The second-order valence-corrected chi connectivity index (χ2v) is 28.5. The van der Waals surface area contributed by atoms with Crippen LogP contribution in [0.1, 0.15) is 157 Å². The predicted molar refractivity (Wildman–Crippen MR) is 340 cm³/mol. The summed E-state index contributed by atoms with van der Waals surface area (Å²) in [6, 6.07) is 33.9. The first-order valence-electron chi connectivity index (χ1n) is 33.4. The zero-order chi connectivity index (χ0) is 59.7. The Bertz CT molecular complexity index is 3510. The summed E-state index contributed by atoms with van der Waals surface area (Å²) in [5.41, 5.74) is 7.85. The Morgan fingerprint density at radius 2 is 1.64 bits per heavy atom. The van der Waals surface area contributed by atoms with E-state index in [2.05, 4.69) is 132 Å². The number of carbonyl (C=O) groups excluding carboxylic acids is 2. The predicted octanol–water partition coefficient (Wildman–Crippen LogP) is 12.5. The number of phenolic OH excluding ortho intramolecular Hbond substituents is 1. The summed E-state index contributed by atoms with van der Waals surface area (Å²) in [5, 5.41) is 51.8. The Morgan fingerprint density at radius 3 is 2.48 bits per heavy atom. The van der Waals surface area contributed by atoms with Gasteiger partial charge in [0.2, 0.25) is 0 Å². The van der Waals surface area contributed by atoms with Crippen molar-refractivity contribution < 1.29 is 34.4 Å². The molecule has 6 aliphatic heterocycles. The van der Waals surface area contributed by atoms with Crippen molar-refractivity contribution in [3.63, 3.8) is 0 Å². The minimum Gasteiger partial charge on any atom is -0.508 e. The normalized spacial score (nSPS) is 34.6. The first-order chi connectivity index (χ1) is 42.2. The van der Waals surface area contributed by atoms with Crippen molar-refractivity contribution in [3.05, 3.63) is 165 Å². The average Bonchev–Trinajstić information content (AvgIpc) is 1.64. The maximum absolute atomic E-state index is 15.5. The summed E-state index contributed by atoms with van der Waals surface area (Å²) in [4.78, 5) is 30.9. The summed E-state index contributed by atoms with van der Waals surface area (Å²) < 4.78 is 13.6. The third-order valence-electron chi connectivity index (χ3n) is 23.4. The van der Waals surface area contributed by atoms with E-state index in [9.17, 15) is 15.3 Å². The van der Waals surface area contributed by atoms with Gasteiger partial charge in [-0.15, -0.1) is 0 Å². The number of nitrogens with one attached hydrogen (secondary N) is 4. The molecule has 456 valence electrons. The molecule has 0 radical (unpaired) electrons. The van der Waals surface area contributed by atoms with Crippen LogP contribution < -0.4 is 21.3 Å². The fraction of sp³-hybridized carbons (Fsp3) is 0.526. The number of esters is 2. The van der Waals surface area contributed by atoms with E-state index in [1.54, 1.807) is 6.07 Å². The highest BCUT2D eigenvalue weighted by Crippen LogP contribution is 2.72. The molecular weight excluding hydrogens is 1080 g/mol. The van der Waals surface area contributed by atoms with Gasteiger partial charge < -0.3 is 46.1 Å². The first-order valence-corrected chi connectivity index (χ1v) is 33.4. The molecule has 14 bridgehead atoms. The third kappa shape index (κ3) is 10.8. The number of fused-ring (bicyclic) bond motifs is 5. The summed E-state index contributed by atoms with van der Waals surface area (Å²) in [6.07, 6.45) is 20.4. The SMILES string of the molecule is CCC(C=C1OC(=O)C2=C3c4cc(O)ccc4-c4cccc(c4)CNCCc4cccc(c4)C4NCC(C)(O)CC#CC(C5(O)CCCCC5)CC5CC(C6CCNC(NC)C6)(CC=C6OC(=O)C7=C6CCC6C3CCC12C76)CC54)Cc1ccccc1. The molecule has 11 nitrogen and oxygen atoms in total. The highest BCUT2D eigenvalue weighted by molar-refractivity contribution is 6.07. The number of aromatic hydroxyl groups is 1. The third-order valence-corrected chi connectivity index (χ3v) is 23.4. The highest BCUT2D eigenvalue weighted by Gasteiger charge is 2.69. The number of benzene rings is 4. The molecule has 2 saturated heterocycles. The van der Waals surface area contributed by atoms with Crippen LogP contribution in [0.2, 0.25) is 0 Å². The molecule has 0 aromatic heterocycles. The van der Waals surface area contributed by atoms with E-state index >= 15 is 9.59 Å². The van der Waals surface area contributed by atoms with Crippen LogP contribution in [0.15, 0.2) is 137 Å². The van der Waals surface area contributed by atoms with E-state index in [1.165, 1.54) is 16.7 Å².